The van der Waals surface area contributed by atoms with Crippen molar-refractivity contribution in [1.29, 1.82) is 0 Å². The standard InChI is InChI=1S/C23H47NO2.Na/c1-4-6-8-10-12-14-16-20-24(22(3)18-19-23(25)26)21-17-15-13-11-9-7-5-2;/h22H,4-21H2,1-3H3,(H,25,26);/q;+1/p-1. The van der Waals surface area contributed by atoms with Crippen LogP contribution in [0.15, 0.2) is 0 Å². The van der Waals surface area contributed by atoms with Gasteiger partial charge < -0.3 is 14.8 Å². The first kappa shape index (κ1) is 29.6. The Morgan fingerprint density at radius 3 is 1.48 bits per heavy atom. The van der Waals surface area contributed by atoms with Crippen LogP contribution in [-0.2, 0) is 4.79 Å². The summed E-state index contributed by atoms with van der Waals surface area (Å²) in [5, 5.41) is 10.8. The number of carboxylic acids is 1. The van der Waals surface area contributed by atoms with E-state index in [1.807, 2.05) is 0 Å². The average Bonchev–Trinajstić information content (AvgIpc) is 2.62. The Bertz CT molecular complexity index is 295. The number of carbonyl (C=O) groups is 1. The van der Waals surface area contributed by atoms with Gasteiger partial charge in [-0.25, -0.2) is 0 Å². The smallest absolute Gasteiger partial charge is 0.550 e. The Hall–Kier alpha value is 0.430. The first-order chi connectivity index (χ1) is 12.6. The zero-order chi connectivity index (χ0) is 19.5. The van der Waals surface area contributed by atoms with Crippen LogP contribution in [0.5, 0.6) is 0 Å². The van der Waals surface area contributed by atoms with Gasteiger partial charge in [-0.3, -0.25) is 0 Å². The number of hydrogen-bond acceptors (Lipinski definition) is 3. The SMILES string of the molecule is CCCCCCCCCN(CCCCCCCCC)C(C)CCC(=O)[O-].[Na+]. The molecule has 0 aromatic carbocycles. The quantitative estimate of drug-likeness (QED) is 0.237. The molecule has 0 aliphatic carbocycles. The van der Waals surface area contributed by atoms with E-state index in [0.717, 1.165) is 19.5 Å². The number of carbonyl (C=O) groups excluding carboxylic acids is 1. The Kier molecular flexibility index (Phi) is 24.9. The van der Waals surface area contributed by atoms with Crippen molar-refractivity contribution in [1.82, 2.24) is 4.90 Å². The van der Waals surface area contributed by atoms with Gasteiger partial charge in [0.05, 0.1) is 0 Å². The van der Waals surface area contributed by atoms with Crippen LogP contribution in [0, 0.1) is 0 Å². The molecule has 0 aromatic heterocycles. The van der Waals surface area contributed by atoms with Crippen molar-refractivity contribution >= 4 is 5.97 Å². The van der Waals surface area contributed by atoms with Gasteiger partial charge in [0.25, 0.3) is 0 Å². The maximum atomic E-state index is 10.8. The van der Waals surface area contributed by atoms with Crippen molar-refractivity contribution in [3.63, 3.8) is 0 Å². The third-order valence-electron chi connectivity index (χ3n) is 5.49. The summed E-state index contributed by atoms with van der Waals surface area (Å²) >= 11 is 0. The summed E-state index contributed by atoms with van der Waals surface area (Å²) in [5.41, 5.74) is 0. The molecule has 4 heteroatoms. The molecule has 0 aliphatic heterocycles. The largest absolute Gasteiger partial charge is 1.00 e. The van der Waals surface area contributed by atoms with Crippen molar-refractivity contribution in [3.8, 4) is 0 Å². The molecule has 0 heterocycles. The predicted octanol–water partition coefficient (Wildman–Crippen LogP) is 2.71. The van der Waals surface area contributed by atoms with E-state index in [-0.39, 0.29) is 36.0 Å². The fraction of sp³-hybridized carbons (Fsp3) is 0.957. The van der Waals surface area contributed by atoms with Crippen LogP contribution in [0.2, 0.25) is 0 Å². The van der Waals surface area contributed by atoms with Crippen molar-refractivity contribution in [2.24, 2.45) is 0 Å². The van der Waals surface area contributed by atoms with Crippen LogP contribution in [0.1, 0.15) is 124 Å². The molecule has 0 rings (SSSR count). The molecule has 27 heavy (non-hydrogen) atoms. The molecular formula is C23H46NNaO2. The number of rotatable bonds is 20. The van der Waals surface area contributed by atoms with Crippen molar-refractivity contribution < 1.29 is 39.5 Å². The second-order valence-corrected chi connectivity index (χ2v) is 8.04. The fourth-order valence-corrected chi connectivity index (χ4v) is 3.61. The maximum absolute atomic E-state index is 10.8. The Labute approximate surface area is 192 Å². The number of nitrogens with zero attached hydrogens (tertiary/aromatic N) is 1. The average molecular weight is 392 g/mol. The molecule has 0 fully saturated rings. The summed E-state index contributed by atoms with van der Waals surface area (Å²) in [6.07, 6.45) is 19.5. The molecule has 0 bridgehead atoms. The summed E-state index contributed by atoms with van der Waals surface area (Å²) < 4.78 is 0. The summed E-state index contributed by atoms with van der Waals surface area (Å²) in [6, 6.07) is 0.355. The Morgan fingerprint density at radius 2 is 1.11 bits per heavy atom. The van der Waals surface area contributed by atoms with Crippen LogP contribution >= 0.6 is 0 Å². The summed E-state index contributed by atoms with van der Waals surface area (Å²) in [6.45, 7) is 8.95. The van der Waals surface area contributed by atoms with E-state index < -0.39 is 5.97 Å². The van der Waals surface area contributed by atoms with Gasteiger partial charge >= 0.3 is 29.6 Å². The number of carboxylic acid groups (broad SMARTS) is 1. The predicted molar refractivity (Wildman–Crippen MR) is 111 cm³/mol. The molecule has 3 nitrogen and oxygen atoms in total. The third kappa shape index (κ3) is 21.0. The first-order valence-electron chi connectivity index (χ1n) is 11.6. The number of hydrogen-bond donors (Lipinski definition) is 0. The third-order valence-corrected chi connectivity index (χ3v) is 5.49. The minimum atomic E-state index is -0.913. The molecule has 1 unspecified atom stereocenters. The second kappa shape index (κ2) is 22.7. The molecule has 0 saturated heterocycles. The summed E-state index contributed by atoms with van der Waals surface area (Å²) in [4.78, 5) is 13.3. The first-order valence-corrected chi connectivity index (χ1v) is 11.6. The van der Waals surface area contributed by atoms with Gasteiger partial charge in [-0.2, -0.15) is 0 Å². The van der Waals surface area contributed by atoms with Crippen LogP contribution in [0.4, 0.5) is 0 Å². The van der Waals surface area contributed by atoms with Gasteiger partial charge in [0, 0.05) is 12.0 Å². The molecule has 156 valence electrons. The number of unbranched alkanes of at least 4 members (excludes halogenated alkanes) is 12. The summed E-state index contributed by atoms with van der Waals surface area (Å²) in [5.74, 6) is -0.913. The maximum Gasteiger partial charge on any atom is 1.00 e. The zero-order valence-corrected chi connectivity index (χ0v) is 21.1. The van der Waals surface area contributed by atoms with Crippen LogP contribution in [0.25, 0.3) is 0 Å². The topological polar surface area (TPSA) is 43.4 Å². The van der Waals surface area contributed by atoms with Crippen LogP contribution < -0.4 is 34.7 Å². The van der Waals surface area contributed by atoms with Gasteiger partial charge in [-0.05, 0) is 45.7 Å². The minimum Gasteiger partial charge on any atom is -0.550 e. The van der Waals surface area contributed by atoms with Crippen molar-refractivity contribution in [2.75, 3.05) is 13.1 Å². The van der Waals surface area contributed by atoms with Crippen molar-refractivity contribution in [3.05, 3.63) is 0 Å². The van der Waals surface area contributed by atoms with E-state index in [9.17, 15) is 9.90 Å². The molecule has 0 aromatic rings. The molecule has 0 N–H and O–H groups in total. The molecule has 0 spiro atoms. The number of aliphatic carboxylic acids is 1. The Balaban J connectivity index is 0. The van der Waals surface area contributed by atoms with E-state index in [1.165, 1.54) is 89.9 Å². The van der Waals surface area contributed by atoms with Gasteiger partial charge in [0.2, 0.25) is 0 Å². The van der Waals surface area contributed by atoms with Gasteiger partial charge in [-0.1, -0.05) is 90.9 Å². The van der Waals surface area contributed by atoms with E-state index in [2.05, 4.69) is 25.7 Å². The van der Waals surface area contributed by atoms with Gasteiger partial charge in [0.15, 0.2) is 0 Å². The molecule has 0 amide bonds. The van der Waals surface area contributed by atoms with E-state index in [4.69, 9.17) is 0 Å². The molecule has 0 radical (unpaired) electrons. The van der Waals surface area contributed by atoms with E-state index in [0.29, 0.717) is 6.04 Å². The molecule has 0 aliphatic rings. The van der Waals surface area contributed by atoms with Gasteiger partial charge in [-0.15, -0.1) is 0 Å². The molecule has 0 saturated carbocycles. The molecular weight excluding hydrogens is 345 g/mol. The zero-order valence-electron chi connectivity index (χ0n) is 19.1. The van der Waals surface area contributed by atoms with Crippen LogP contribution in [0.3, 0.4) is 0 Å². The monoisotopic (exact) mass is 391 g/mol. The van der Waals surface area contributed by atoms with E-state index in [1.54, 1.807) is 0 Å². The molecule has 1 atom stereocenters. The van der Waals surface area contributed by atoms with Gasteiger partial charge in [0.1, 0.15) is 0 Å². The Morgan fingerprint density at radius 1 is 0.741 bits per heavy atom. The second-order valence-electron chi connectivity index (χ2n) is 8.04. The summed E-state index contributed by atoms with van der Waals surface area (Å²) in [7, 11) is 0. The normalized spacial score (nSPS) is 12.1. The van der Waals surface area contributed by atoms with Crippen molar-refractivity contribution in [2.45, 2.75) is 130 Å². The fourth-order valence-electron chi connectivity index (χ4n) is 3.61. The van der Waals surface area contributed by atoms with Crippen LogP contribution in [-0.4, -0.2) is 30.0 Å². The van der Waals surface area contributed by atoms with E-state index >= 15 is 0 Å². The minimum absolute atomic E-state index is 0.